The van der Waals surface area contributed by atoms with Gasteiger partial charge >= 0.3 is 0 Å². The predicted molar refractivity (Wildman–Crippen MR) is 122 cm³/mol. The van der Waals surface area contributed by atoms with Gasteiger partial charge < -0.3 is 9.30 Å². The summed E-state index contributed by atoms with van der Waals surface area (Å²) in [6, 6.07) is 21.1. The van der Waals surface area contributed by atoms with Crippen LogP contribution >= 0.6 is 0 Å². The number of nitriles is 1. The van der Waals surface area contributed by atoms with Crippen LogP contribution in [0, 0.1) is 17.1 Å². The van der Waals surface area contributed by atoms with E-state index >= 15 is 0 Å². The molecule has 2 aromatic carbocycles. The highest BCUT2D eigenvalue weighted by Crippen LogP contribution is 2.17. The molecule has 1 fully saturated rings. The lowest BCUT2D eigenvalue weighted by Gasteiger charge is -2.30. The molecule has 1 saturated heterocycles. The topological polar surface area (TPSA) is 44.4 Å². The molecular weight excluding hydrogens is 403 g/mol. The maximum Gasteiger partial charge on any atom is 0.128 e. The maximum atomic E-state index is 14.2. The number of ether oxygens (including phenoxy) is 1. The van der Waals surface area contributed by atoms with Gasteiger partial charge in [-0.3, -0.25) is 9.80 Å². The highest BCUT2D eigenvalue weighted by atomic mass is 19.1. The zero-order valence-corrected chi connectivity index (χ0v) is 18.3. The minimum absolute atomic E-state index is 0.181. The van der Waals surface area contributed by atoms with Crippen LogP contribution in [0.4, 0.5) is 4.39 Å². The summed E-state index contributed by atoms with van der Waals surface area (Å²) in [5.74, 6) is -0.181. The van der Waals surface area contributed by atoms with Gasteiger partial charge in [0.15, 0.2) is 0 Å². The molecule has 4 rings (SSSR count). The van der Waals surface area contributed by atoms with Gasteiger partial charge in [-0.25, -0.2) is 4.39 Å². The number of morpholine rings is 1. The third-order valence-electron chi connectivity index (χ3n) is 5.98. The standard InChI is InChI=1S/C26H29FN4O/c27-26-10-4-3-8-24(26)20-31-11-5-9-25(31)21-30(13-12-29-14-16-32-17-15-29)19-23-7-2-1-6-22(23)18-28/h1-11H,12-17,19-21H2. The van der Waals surface area contributed by atoms with E-state index in [1.807, 2.05) is 48.7 Å². The lowest BCUT2D eigenvalue weighted by molar-refractivity contribution is 0.0323. The lowest BCUT2D eigenvalue weighted by Crippen LogP contribution is -2.41. The minimum Gasteiger partial charge on any atom is -0.379 e. The zero-order valence-electron chi connectivity index (χ0n) is 18.3. The Kier molecular flexibility index (Phi) is 7.68. The average molecular weight is 433 g/mol. The monoisotopic (exact) mass is 432 g/mol. The van der Waals surface area contributed by atoms with Crippen LogP contribution in [0.3, 0.4) is 0 Å². The quantitative estimate of drug-likeness (QED) is 0.515. The van der Waals surface area contributed by atoms with Crippen molar-refractivity contribution >= 4 is 0 Å². The van der Waals surface area contributed by atoms with Crippen LogP contribution in [0.25, 0.3) is 0 Å². The van der Waals surface area contributed by atoms with Gasteiger partial charge in [0.1, 0.15) is 5.82 Å². The second kappa shape index (κ2) is 11.1. The summed E-state index contributed by atoms with van der Waals surface area (Å²) >= 11 is 0. The molecule has 6 heteroatoms. The zero-order chi connectivity index (χ0) is 22.2. The first-order valence-corrected chi connectivity index (χ1v) is 11.1. The molecule has 32 heavy (non-hydrogen) atoms. The van der Waals surface area contributed by atoms with Crippen molar-refractivity contribution in [1.82, 2.24) is 14.4 Å². The van der Waals surface area contributed by atoms with Crippen molar-refractivity contribution < 1.29 is 9.13 Å². The molecule has 5 nitrogen and oxygen atoms in total. The first-order chi connectivity index (χ1) is 15.7. The van der Waals surface area contributed by atoms with Gasteiger partial charge in [-0.2, -0.15) is 5.26 Å². The third kappa shape index (κ3) is 5.83. The summed E-state index contributed by atoms with van der Waals surface area (Å²) in [7, 11) is 0. The molecule has 0 bridgehead atoms. The van der Waals surface area contributed by atoms with Crippen LogP contribution in [0.5, 0.6) is 0 Å². The van der Waals surface area contributed by atoms with Gasteiger partial charge in [-0.15, -0.1) is 0 Å². The molecule has 0 amide bonds. The average Bonchev–Trinajstić information content (AvgIpc) is 3.26. The number of hydrogen-bond donors (Lipinski definition) is 0. The molecule has 0 unspecified atom stereocenters. The fraction of sp³-hybridized carbons (Fsp3) is 0.346. The van der Waals surface area contributed by atoms with E-state index < -0.39 is 0 Å². The molecule has 1 aromatic heterocycles. The first kappa shape index (κ1) is 22.2. The van der Waals surface area contributed by atoms with E-state index in [2.05, 4.69) is 26.5 Å². The summed E-state index contributed by atoms with van der Waals surface area (Å²) in [5.41, 5.74) is 3.55. The Morgan fingerprint density at radius 1 is 0.938 bits per heavy atom. The number of aromatic nitrogens is 1. The normalized spacial score (nSPS) is 14.5. The molecule has 0 atom stereocenters. The van der Waals surface area contributed by atoms with Gasteiger partial charge in [0.2, 0.25) is 0 Å². The second-order valence-corrected chi connectivity index (χ2v) is 8.15. The van der Waals surface area contributed by atoms with Gasteiger partial charge in [0.25, 0.3) is 0 Å². The molecular formula is C26H29FN4O. The van der Waals surface area contributed by atoms with Crippen LogP contribution in [-0.4, -0.2) is 53.8 Å². The van der Waals surface area contributed by atoms with E-state index in [9.17, 15) is 9.65 Å². The summed E-state index contributed by atoms with van der Waals surface area (Å²) in [6.45, 7) is 7.21. The first-order valence-electron chi connectivity index (χ1n) is 11.1. The Bertz CT molecular complexity index is 1050. The van der Waals surface area contributed by atoms with E-state index in [4.69, 9.17) is 4.74 Å². The number of hydrogen-bond acceptors (Lipinski definition) is 4. The van der Waals surface area contributed by atoms with Gasteiger partial charge in [0.05, 0.1) is 31.4 Å². The van der Waals surface area contributed by atoms with Crippen LogP contribution in [0.1, 0.15) is 22.4 Å². The molecule has 1 aliphatic heterocycles. The SMILES string of the molecule is N#Cc1ccccc1CN(CCN1CCOCC1)Cc1cccn1Cc1ccccc1F. The van der Waals surface area contributed by atoms with E-state index in [1.165, 1.54) is 6.07 Å². The van der Waals surface area contributed by atoms with Crippen LogP contribution < -0.4 is 0 Å². The summed E-state index contributed by atoms with van der Waals surface area (Å²) in [4.78, 5) is 4.80. The molecule has 0 radical (unpaired) electrons. The Balaban J connectivity index is 1.50. The minimum atomic E-state index is -0.181. The Labute approximate surface area is 189 Å². The summed E-state index contributed by atoms with van der Waals surface area (Å²) < 4.78 is 21.8. The van der Waals surface area contributed by atoms with Crippen LogP contribution in [0.2, 0.25) is 0 Å². The second-order valence-electron chi connectivity index (χ2n) is 8.15. The van der Waals surface area contributed by atoms with E-state index in [1.54, 1.807) is 6.07 Å². The fourth-order valence-electron chi connectivity index (χ4n) is 4.12. The van der Waals surface area contributed by atoms with Crippen LogP contribution in [-0.2, 0) is 24.4 Å². The summed E-state index contributed by atoms with van der Waals surface area (Å²) in [6.07, 6.45) is 2.01. The molecule has 166 valence electrons. The van der Waals surface area contributed by atoms with E-state index in [-0.39, 0.29) is 5.82 Å². The van der Waals surface area contributed by atoms with E-state index in [0.717, 1.165) is 57.2 Å². The molecule has 2 heterocycles. The van der Waals surface area contributed by atoms with Crippen molar-refractivity contribution in [2.24, 2.45) is 0 Å². The fourth-order valence-corrected chi connectivity index (χ4v) is 4.12. The predicted octanol–water partition coefficient (Wildman–Crippen LogP) is 3.88. The number of rotatable bonds is 9. The van der Waals surface area contributed by atoms with Gasteiger partial charge in [0, 0.05) is 56.7 Å². The van der Waals surface area contributed by atoms with Crippen molar-refractivity contribution in [3.63, 3.8) is 0 Å². The Morgan fingerprint density at radius 3 is 2.47 bits per heavy atom. The van der Waals surface area contributed by atoms with Crippen LogP contribution in [0.15, 0.2) is 66.9 Å². The lowest BCUT2D eigenvalue weighted by atomic mass is 10.1. The molecule has 1 aliphatic rings. The molecule has 0 N–H and O–H groups in total. The number of nitrogens with zero attached hydrogens (tertiary/aromatic N) is 4. The highest BCUT2D eigenvalue weighted by molar-refractivity contribution is 5.37. The molecule has 3 aromatic rings. The maximum absolute atomic E-state index is 14.2. The van der Waals surface area contributed by atoms with Crippen molar-refractivity contribution in [1.29, 1.82) is 5.26 Å². The summed E-state index contributed by atoms with van der Waals surface area (Å²) in [5, 5.41) is 9.53. The van der Waals surface area contributed by atoms with E-state index in [0.29, 0.717) is 24.2 Å². The largest absolute Gasteiger partial charge is 0.379 e. The molecule has 0 aliphatic carbocycles. The smallest absolute Gasteiger partial charge is 0.128 e. The molecule has 0 saturated carbocycles. The van der Waals surface area contributed by atoms with Crippen molar-refractivity contribution in [3.8, 4) is 6.07 Å². The number of benzene rings is 2. The third-order valence-corrected chi connectivity index (χ3v) is 5.98. The molecule has 0 spiro atoms. The highest BCUT2D eigenvalue weighted by Gasteiger charge is 2.16. The van der Waals surface area contributed by atoms with Crippen molar-refractivity contribution in [3.05, 3.63) is 95.1 Å². The Hall–Kier alpha value is -2.98. The van der Waals surface area contributed by atoms with Gasteiger partial charge in [-0.05, 0) is 29.8 Å². The Morgan fingerprint density at radius 2 is 1.69 bits per heavy atom. The van der Waals surface area contributed by atoms with Crippen molar-refractivity contribution in [2.45, 2.75) is 19.6 Å². The van der Waals surface area contributed by atoms with Crippen molar-refractivity contribution in [2.75, 3.05) is 39.4 Å². The van der Waals surface area contributed by atoms with Gasteiger partial charge in [-0.1, -0.05) is 36.4 Å². The number of halogens is 1.